The van der Waals surface area contributed by atoms with Gasteiger partial charge in [-0.3, -0.25) is 0 Å². The molecule has 0 saturated heterocycles. The molecular formula is C8H11Cl2OPS. The van der Waals surface area contributed by atoms with Crippen LogP contribution in [-0.4, -0.2) is 7.11 Å². The van der Waals surface area contributed by atoms with Gasteiger partial charge in [0.15, 0.2) is 0 Å². The van der Waals surface area contributed by atoms with Crippen LogP contribution in [0, 0.1) is 0 Å². The number of thiol groups is 1. The first-order chi connectivity index (χ1) is 6.01. The van der Waals surface area contributed by atoms with Crippen LogP contribution in [0.3, 0.4) is 0 Å². The zero-order valence-electron chi connectivity index (χ0n) is 7.13. The van der Waals surface area contributed by atoms with Crippen molar-refractivity contribution in [2.24, 2.45) is 0 Å². The molecule has 0 aliphatic heterocycles. The molecule has 0 aliphatic carbocycles. The molecule has 1 nitrogen and oxygen atoms in total. The molecule has 0 atom stereocenters. The molecule has 1 aromatic rings. The van der Waals surface area contributed by atoms with Crippen LogP contribution in [0.2, 0.25) is 0 Å². The summed E-state index contributed by atoms with van der Waals surface area (Å²) in [5, 5.41) is -2.33. The molecule has 1 rings (SSSR count). The van der Waals surface area contributed by atoms with E-state index in [0.717, 1.165) is 11.3 Å². The van der Waals surface area contributed by atoms with Crippen molar-refractivity contribution in [1.29, 1.82) is 0 Å². The van der Waals surface area contributed by atoms with E-state index < -0.39 is 5.17 Å². The van der Waals surface area contributed by atoms with Gasteiger partial charge in [0.1, 0.15) is 0 Å². The van der Waals surface area contributed by atoms with E-state index >= 15 is 0 Å². The average Bonchev–Trinajstić information content (AvgIpc) is 2.03. The number of methoxy groups -OCH3 is 1. The Hall–Kier alpha value is 0.380. The van der Waals surface area contributed by atoms with Gasteiger partial charge in [0.2, 0.25) is 0 Å². The van der Waals surface area contributed by atoms with Gasteiger partial charge in [-0.1, -0.05) is 0 Å². The summed E-state index contributed by atoms with van der Waals surface area (Å²) in [7, 11) is 1.63. The standard InChI is InChI=1S/C8H11Cl2OPS/c1-11-8-4-2-7(3-5-8)6-12(9,10)13/h2-5,12-13H,6H2,1H3. The maximum atomic E-state index is 5.88. The predicted molar refractivity (Wildman–Crippen MR) is 65.7 cm³/mol. The molecular weight excluding hydrogens is 246 g/mol. The Labute approximate surface area is 93.5 Å². The van der Waals surface area contributed by atoms with Crippen LogP contribution < -0.4 is 4.74 Å². The fourth-order valence-electron chi connectivity index (χ4n) is 0.989. The van der Waals surface area contributed by atoms with Crippen LogP contribution in [0.15, 0.2) is 24.3 Å². The molecule has 0 N–H and O–H groups in total. The van der Waals surface area contributed by atoms with Crippen LogP contribution in [-0.2, 0) is 6.16 Å². The summed E-state index contributed by atoms with van der Waals surface area (Å²) in [6.45, 7) is 0. The normalized spacial score (nSPS) is 12.6. The van der Waals surface area contributed by atoms with Crippen LogP contribution in [0.4, 0.5) is 0 Å². The molecule has 0 aliphatic rings. The van der Waals surface area contributed by atoms with Crippen molar-refractivity contribution in [1.82, 2.24) is 0 Å². The minimum absolute atomic E-state index is 0.642. The first-order valence-electron chi connectivity index (χ1n) is 3.74. The monoisotopic (exact) mass is 256 g/mol. The summed E-state index contributed by atoms with van der Waals surface area (Å²) in [5.74, 6) is 0.833. The first kappa shape index (κ1) is 11.5. The van der Waals surface area contributed by atoms with Gasteiger partial charge in [-0.2, -0.15) is 0 Å². The molecule has 1 aromatic carbocycles. The summed E-state index contributed by atoms with van der Waals surface area (Å²) in [4.78, 5) is 0. The molecule has 0 saturated carbocycles. The van der Waals surface area contributed by atoms with E-state index in [9.17, 15) is 0 Å². The third-order valence-corrected chi connectivity index (χ3v) is 3.69. The van der Waals surface area contributed by atoms with E-state index in [0.29, 0.717) is 6.16 Å². The fourth-order valence-corrected chi connectivity index (χ4v) is 3.19. The number of benzene rings is 1. The topological polar surface area (TPSA) is 9.23 Å². The minimum atomic E-state index is -2.33. The molecule has 74 valence electrons. The first-order valence-corrected chi connectivity index (χ1v) is 9.26. The second-order valence-corrected chi connectivity index (χ2v) is 12.7. The Bertz CT molecular complexity index is 270. The molecule has 0 spiro atoms. The third kappa shape index (κ3) is 4.42. The molecule has 0 aromatic heterocycles. The number of hydrogen-bond donors (Lipinski definition) is 1. The Balaban J connectivity index is 2.70. The van der Waals surface area contributed by atoms with Crippen molar-refractivity contribution in [3.63, 3.8) is 0 Å². The van der Waals surface area contributed by atoms with Crippen LogP contribution in [0.1, 0.15) is 5.56 Å². The predicted octanol–water partition coefficient (Wildman–Crippen LogP) is 4.10. The van der Waals surface area contributed by atoms with Gasteiger partial charge < -0.3 is 0 Å². The summed E-state index contributed by atoms with van der Waals surface area (Å²) in [5.41, 5.74) is 1.09. The van der Waals surface area contributed by atoms with Gasteiger partial charge in [-0.05, 0) is 0 Å². The summed E-state index contributed by atoms with van der Waals surface area (Å²) in [6, 6.07) is 7.66. The zero-order chi connectivity index (χ0) is 9.90. The number of hydrogen-bond acceptors (Lipinski definition) is 2. The summed E-state index contributed by atoms with van der Waals surface area (Å²) < 4.78 is 5.03. The average molecular weight is 257 g/mol. The maximum absolute atomic E-state index is 5.88. The Kier molecular flexibility index (Phi) is 4.18. The molecule has 0 radical (unpaired) electrons. The van der Waals surface area contributed by atoms with Crippen molar-refractivity contribution >= 4 is 39.9 Å². The molecule has 5 heteroatoms. The van der Waals surface area contributed by atoms with Gasteiger partial charge in [-0.25, -0.2) is 0 Å². The SMILES string of the molecule is COc1ccc(C[PH](S)(Cl)Cl)cc1. The Morgan fingerprint density at radius 1 is 1.31 bits per heavy atom. The van der Waals surface area contributed by atoms with Crippen LogP contribution >= 0.6 is 39.9 Å². The van der Waals surface area contributed by atoms with Crippen LogP contribution in [0.5, 0.6) is 5.75 Å². The number of ether oxygens (including phenoxy) is 1. The van der Waals surface area contributed by atoms with Gasteiger partial charge >= 0.3 is 93.5 Å². The van der Waals surface area contributed by atoms with Gasteiger partial charge in [0.05, 0.1) is 0 Å². The fraction of sp³-hybridized carbons (Fsp3) is 0.250. The number of halogens is 2. The van der Waals surface area contributed by atoms with Gasteiger partial charge in [0.25, 0.3) is 0 Å². The molecule has 0 fully saturated rings. The quantitative estimate of drug-likeness (QED) is 0.633. The second-order valence-electron chi connectivity index (χ2n) is 2.69. The molecule has 0 amide bonds. The van der Waals surface area contributed by atoms with Crippen molar-refractivity contribution in [2.45, 2.75) is 6.16 Å². The Morgan fingerprint density at radius 3 is 2.23 bits per heavy atom. The second kappa shape index (κ2) is 4.75. The van der Waals surface area contributed by atoms with E-state index in [-0.39, 0.29) is 0 Å². The molecule has 0 unspecified atom stereocenters. The molecule has 13 heavy (non-hydrogen) atoms. The van der Waals surface area contributed by atoms with Crippen molar-refractivity contribution in [3.8, 4) is 5.75 Å². The van der Waals surface area contributed by atoms with Crippen molar-refractivity contribution in [2.75, 3.05) is 7.11 Å². The van der Waals surface area contributed by atoms with Gasteiger partial charge in [0, 0.05) is 0 Å². The van der Waals surface area contributed by atoms with Crippen LogP contribution in [0.25, 0.3) is 0 Å². The zero-order valence-corrected chi connectivity index (χ0v) is 10.5. The van der Waals surface area contributed by atoms with Gasteiger partial charge in [-0.15, -0.1) is 0 Å². The van der Waals surface area contributed by atoms with Crippen molar-refractivity contribution < 1.29 is 4.74 Å². The van der Waals surface area contributed by atoms with Crippen molar-refractivity contribution in [3.05, 3.63) is 29.8 Å². The number of rotatable bonds is 3. The van der Waals surface area contributed by atoms with E-state index in [1.165, 1.54) is 0 Å². The van der Waals surface area contributed by atoms with E-state index in [1.807, 2.05) is 24.3 Å². The summed E-state index contributed by atoms with van der Waals surface area (Å²) >= 11 is 15.9. The van der Waals surface area contributed by atoms with E-state index in [2.05, 4.69) is 12.2 Å². The summed E-state index contributed by atoms with van der Waals surface area (Å²) in [6.07, 6.45) is 0.642. The molecule has 0 heterocycles. The molecule has 0 bridgehead atoms. The Morgan fingerprint density at radius 2 is 1.85 bits per heavy atom. The van der Waals surface area contributed by atoms with E-state index in [4.69, 9.17) is 27.2 Å². The third-order valence-electron chi connectivity index (χ3n) is 1.58. The van der Waals surface area contributed by atoms with E-state index in [1.54, 1.807) is 7.11 Å².